The Labute approximate surface area is 106 Å². The lowest BCUT2D eigenvalue weighted by Crippen LogP contribution is -2.20. The van der Waals surface area contributed by atoms with Crippen LogP contribution in [-0.2, 0) is 0 Å². The van der Waals surface area contributed by atoms with Crippen LogP contribution in [0.1, 0.15) is 12.8 Å². The highest BCUT2D eigenvalue weighted by atomic mass is 15.2. The number of hydrogen-bond donors (Lipinski definition) is 1. The van der Waals surface area contributed by atoms with Crippen LogP contribution in [0.3, 0.4) is 0 Å². The van der Waals surface area contributed by atoms with Gasteiger partial charge in [0.05, 0.1) is 0 Å². The van der Waals surface area contributed by atoms with Crippen LogP contribution in [0.2, 0.25) is 0 Å². The third-order valence-electron chi connectivity index (χ3n) is 3.24. The van der Waals surface area contributed by atoms with Crippen LogP contribution >= 0.6 is 0 Å². The maximum Gasteiger partial charge on any atom is 0.155 e. The largest absolute Gasteiger partial charge is 0.399 e. The zero-order valence-corrected chi connectivity index (χ0v) is 10.2. The molecule has 0 bridgehead atoms. The van der Waals surface area contributed by atoms with Gasteiger partial charge in [0.2, 0.25) is 0 Å². The Bertz CT molecular complexity index is 547. The molecule has 2 aromatic rings. The molecule has 1 fully saturated rings. The smallest absolute Gasteiger partial charge is 0.155 e. The summed E-state index contributed by atoms with van der Waals surface area (Å²) < 4.78 is 0. The number of anilines is 2. The highest BCUT2D eigenvalue weighted by molar-refractivity contribution is 5.74. The summed E-state index contributed by atoms with van der Waals surface area (Å²) in [5.74, 6) is 0.973. The number of hydrogen-bond acceptors (Lipinski definition) is 4. The number of benzene rings is 1. The topological polar surface area (TPSA) is 55.0 Å². The van der Waals surface area contributed by atoms with Gasteiger partial charge in [-0.25, -0.2) is 4.98 Å². The van der Waals surface area contributed by atoms with Crippen molar-refractivity contribution in [1.29, 1.82) is 0 Å². The fourth-order valence-corrected chi connectivity index (χ4v) is 2.38. The van der Waals surface area contributed by atoms with Crippen LogP contribution in [0.4, 0.5) is 11.5 Å². The van der Waals surface area contributed by atoms with Gasteiger partial charge < -0.3 is 10.6 Å². The molecule has 0 radical (unpaired) electrons. The van der Waals surface area contributed by atoms with Gasteiger partial charge in [-0.3, -0.25) is 4.98 Å². The Balaban J connectivity index is 2.06. The Hall–Kier alpha value is -2.10. The van der Waals surface area contributed by atoms with Gasteiger partial charge in [-0.15, -0.1) is 0 Å². The third kappa shape index (κ3) is 2.01. The summed E-state index contributed by atoms with van der Waals surface area (Å²) in [6.45, 7) is 2.13. The second-order valence-corrected chi connectivity index (χ2v) is 4.55. The van der Waals surface area contributed by atoms with Gasteiger partial charge >= 0.3 is 0 Å². The number of rotatable bonds is 2. The summed E-state index contributed by atoms with van der Waals surface area (Å²) in [4.78, 5) is 11.3. The summed E-state index contributed by atoms with van der Waals surface area (Å²) in [5, 5.41) is 0. The fourth-order valence-electron chi connectivity index (χ4n) is 2.38. The zero-order chi connectivity index (χ0) is 12.4. The van der Waals surface area contributed by atoms with Crippen LogP contribution in [0.5, 0.6) is 0 Å². The van der Waals surface area contributed by atoms with Crippen molar-refractivity contribution in [3.63, 3.8) is 0 Å². The predicted molar refractivity (Wildman–Crippen MR) is 73.3 cm³/mol. The van der Waals surface area contributed by atoms with Gasteiger partial charge in [0, 0.05) is 36.7 Å². The summed E-state index contributed by atoms with van der Waals surface area (Å²) in [5.41, 5.74) is 8.55. The van der Waals surface area contributed by atoms with Crippen molar-refractivity contribution in [2.24, 2.45) is 0 Å². The van der Waals surface area contributed by atoms with E-state index < -0.39 is 0 Å². The predicted octanol–water partition coefficient (Wildman–Crippen LogP) is 2.33. The zero-order valence-electron chi connectivity index (χ0n) is 10.2. The minimum atomic E-state index is 0.755. The van der Waals surface area contributed by atoms with Crippen molar-refractivity contribution >= 4 is 11.5 Å². The van der Waals surface area contributed by atoms with E-state index in [1.807, 2.05) is 24.3 Å². The molecule has 0 atom stereocenters. The lowest BCUT2D eigenvalue weighted by atomic mass is 10.1. The first-order chi connectivity index (χ1) is 8.84. The fraction of sp³-hybridized carbons (Fsp3) is 0.286. The van der Waals surface area contributed by atoms with Gasteiger partial charge in [-0.2, -0.15) is 0 Å². The molecule has 4 nitrogen and oxygen atoms in total. The first-order valence-corrected chi connectivity index (χ1v) is 6.26. The molecule has 0 amide bonds. The number of nitrogens with two attached hydrogens (primary N) is 1. The minimum absolute atomic E-state index is 0.755. The third-order valence-corrected chi connectivity index (χ3v) is 3.24. The van der Waals surface area contributed by atoms with Crippen molar-refractivity contribution in [3.05, 3.63) is 36.7 Å². The molecule has 18 heavy (non-hydrogen) atoms. The number of nitrogens with zero attached hydrogens (tertiary/aromatic N) is 3. The van der Waals surface area contributed by atoms with E-state index in [2.05, 4.69) is 14.9 Å². The molecule has 2 heterocycles. The standard InChI is InChI=1S/C14H16N4/c15-12-5-3-4-11(10-12)13-14(17-7-6-16-13)18-8-1-2-9-18/h3-7,10H,1-2,8-9,15H2. The molecular weight excluding hydrogens is 224 g/mol. The van der Waals surface area contributed by atoms with Crippen molar-refractivity contribution in [3.8, 4) is 11.3 Å². The number of nitrogen functional groups attached to an aromatic ring is 1. The van der Waals surface area contributed by atoms with Crippen LogP contribution < -0.4 is 10.6 Å². The average molecular weight is 240 g/mol. The Morgan fingerprint density at radius 2 is 1.83 bits per heavy atom. The SMILES string of the molecule is Nc1cccc(-c2nccnc2N2CCCC2)c1. The highest BCUT2D eigenvalue weighted by Crippen LogP contribution is 2.29. The van der Waals surface area contributed by atoms with Crippen molar-refractivity contribution in [1.82, 2.24) is 9.97 Å². The molecule has 4 heteroatoms. The second kappa shape index (κ2) is 4.64. The molecular formula is C14H16N4. The van der Waals surface area contributed by atoms with Crippen LogP contribution in [0.15, 0.2) is 36.7 Å². The van der Waals surface area contributed by atoms with Crippen LogP contribution in [0, 0.1) is 0 Å². The summed E-state index contributed by atoms with van der Waals surface area (Å²) in [6, 6.07) is 7.81. The molecule has 1 aliphatic rings. The Kier molecular flexibility index (Phi) is 2.84. The molecule has 0 unspecified atom stereocenters. The first kappa shape index (κ1) is 11.0. The molecule has 1 saturated heterocycles. The van der Waals surface area contributed by atoms with Gasteiger partial charge in [0.15, 0.2) is 5.82 Å². The average Bonchev–Trinajstić information content (AvgIpc) is 2.92. The normalized spacial score (nSPS) is 15.0. The monoisotopic (exact) mass is 240 g/mol. The maximum atomic E-state index is 5.84. The lowest BCUT2D eigenvalue weighted by molar-refractivity contribution is 0.929. The first-order valence-electron chi connectivity index (χ1n) is 6.26. The molecule has 1 aliphatic heterocycles. The Morgan fingerprint density at radius 3 is 2.61 bits per heavy atom. The van der Waals surface area contributed by atoms with Gasteiger partial charge in [0.1, 0.15) is 5.69 Å². The molecule has 1 aromatic heterocycles. The summed E-state index contributed by atoms with van der Waals surface area (Å²) in [6.07, 6.45) is 5.95. The van der Waals surface area contributed by atoms with E-state index in [9.17, 15) is 0 Å². The van der Waals surface area contributed by atoms with E-state index in [0.717, 1.165) is 35.9 Å². The van der Waals surface area contributed by atoms with E-state index in [1.54, 1.807) is 12.4 Å². The van der Waals surface area contributed by atoms with Crippen molar-refractivity contribution in [2.75, 3.05) is 23.7 Å². The Morgan fingerprint density at radius 1 is 1.06 bits per heavy atom. The van der Waals surface area contributed by atoms with Crippen molar-refractivity contribution in [2.45, 2.75) is 12.8 Å². The van der Waals surface area contributed by atoms with Crippen LogP contribution in [0.25, 0.3) is 11.3 Å². The van der Waals surface area contributed by atoms with Crippen molar-refractivity contribution < 1.29 is 0 Å². The maximum absolute atomic E-state index is 5.84. The van der Waals surface area contributed by atoms with Gasteiger partial charge in [-0.1, -0.05) is 12.1 Å². The van der Waals surface area contributed by atoms with Gasteiger partial charge in [-0.05, 0) is 25.0 Å². The van der Waals surface area contributed by atoms with E-state index in [1.165, 1.54) is 12.8 Å². The molecule has 2 N–H and O–H groups in total. The van der Waals surface area contributed by atoms with Gasteiger partial charge in [0.25, 0.3) is 0 Å². The lowest BCUT2D eigenvalue weighted by Gasteiger charge is -2.19. The second-order valence-electron chi connectivity index (χ2n) is 4.55. The molecule has 0 saturated carbocycles. The summed E-state index contributed by atoms with van der Waals surface area (Å²) >= 11 is 0. The molecule has 92 valence electrons. The minimum Gasteiger partial charge on any atom is -0.399 e. The molecule has 0 aliphatic carbocycles. The molecule has 3 rings (SSSR count). The number of aromatic nitrogens is 2. The van der Waals surface area contributed by atoms with Crippen LogP contribution in [-0.4, -0.2) is 23.1 Å². The quantitative estimate of drug-likeness (QED) is 0.818. The molecule has 0 spiro atoms. The van der Waals surface area contributed by atoms with E-state index in [0.29, 0.717) is 0 Å². The molecule has 1 aromatic carbocycles. The summed E-state index contributed by atoms with van der Waals surface area (Å²) in [7, 11) is 0. The van der Waals surface area contributed by atoms with E-state index in [-0.39, 0.29) is 0 Å². The van der Waals surface area contributed by atoms with E-state index >= 15 is 0 Å². The van der Waals surface area contributed by atoms with E-state index in [4.69, 9.17) is 5.73 Å². The highest BCUT2D eigenvalue weighted by Gasteiger charge is 2.18.